The van der Waals surface area contributed by atoms with Crippen molar-refractivity contribution in [3.05, 3.63) is 101 Å². The number of rotatable bonds is 8. The highest BCUT2D eigenvalue weighted by Gasteiger charge is 2.45. The van der Waals surface area contributed by atoms with Crippen molar-refractivity contribution in [2.24, 2.45) is 0 Å². The van der Waals surface area contributed by atoms with Crippen molar-refractivity contribution in [1.29, 1.82) is 0 Å². The van der Waals surface area contributed by atoms with Gasteiger partial charge in [-0.1, -0.05) is 54.6 Å². The maximum Gasteiger partial charge on any atom is 0.295 e. The minimum absolute atomic E-state index is 0.0920. The summed E-state index contributed by atoms with van der Waals surface area (Å²) >= 11 is 0. The van der Waals surface area contributed by atoms with Crippen molar-refractivity contribution in [3.63, 3.8) is 0 Å². The minimum Gasteiger partial charge on any atom is -0.507 e. The van der Waals surface area contributed by atoms with Crippen LogP contribution in [0.5, 0.6) is 5.75 Å². The zero-order chi connectivity index (χ0) is 24.9. The Hall–Kier alpha value is -4.06. The smallest absolute Gasteiger partial charge is 0.295 e. The molecular weight excluding hydrogens is 440 g/mol. The second kappa shape index (κ2) is 10.5. The van der Waals surface area contributed by atoms with Gasteiger partial charge in [0.05, 0.1) is 18.2 Å². The fourth-order valence-electron chi connectivity index (χ4n) is 4.36. The number of Topliss-reactive ketones (excluding diaryl/α,β-unsaturated/α-hetero) is 1. The summed E-state index contributed by atoms with van der Waals surface area (Å²) in [4.78, 5) is 30.0. The number of amides is 1. The molecule has 4 rings (SSSR count). The molecule has 1 aliphatic rings. The van der Waals surface area contributed by atoms with Gasteiger partial charge in [0.1, 0.15) is 11.5 Å². The van der Waals surface area contributed by atoms with Gasteiger partial charge in [-0.05, 0) is 48.7 Å². The molecule has 0 radical (unpaired) electrons. The van der Waals surface area contributed by atoms with Crippen LogP contribution >= 0.6 is 0 Å². The number of anilines is 1. The van der Waals surface area contributed by atoms with Crippen molar-refractivity contribution in [3.8, 4) is 5.75 Å². The second-order valence-electron chi connectivity index (χ2n) is 8.67. The Morgan fingerprint density at radius 2 is 1.69 bits per heavy atom. The van der Waals surface area contributed by atoms with Crippen LogP contribution in [0.4, 0.5) is 5.69 Å². The van der Waals surface area contributed by atoms with Crippen LogP contribution in [0, 0.1) is 0 Å². The Labute approximate surface area is 206 Å². The van der Waals surface area contributed by atoms with Gasteiger partial charge < -0.3 is 19.6 Å². The van der Waals surface area contributed by atoms with Crippen LogP contribution in [0.1, 0.15) is 29.7 Å². The minimum atomic E-state index is -0.689. The first-order valence-electron chi connectivity index (χ1n) is 11.7. The van der Waals surface area contributed by atoms with Crippen molar-refractivity contribution in [2.45, 2.75) is 19.4 Å². The lowest BCUT2D eigenvalue weighted by Crippen LogP contribution is -2.31. The molecule has 1 atom stereocenters. The summed E-state index contributed by atoms with van der Waals surface area (Å²) in [6, 6.07) is 23.8. The highest BCUT2D eigenvalue weighted by Crippen LogP contribution is 2.40. The normalized spacial score (nSPS) is 17.0. The SMILES string of the molecule is CCOc1cccc(/C(O)=C2\C(=O)C(=O)N(CCc3ccccc3)C2c2ccc(N(C)C)cc2)c1. The Morgan fingerprint density at radius 1 is 0.971 bits per heavy atom. The Balaban J connectivity index is 1.78. The van der Waals surface area contributed by atoms with Gasteiger partial charge in [0.25, 0.3) is 11.7 Å². The van der Waals surface area contributed by atoms with Gasteiger partial charge in [-0.15, -0.1) is 0 Å². The van der Waals surface area contributed by atoms with Crippen molar-refractivity contribution in [2.75, 3.05) is 32.1 Å². The van der Waals surface area contributed by atoms with E-state index in [4.69, 9.17) is 4.74 Å². The zero-order valence-electron chi connectivity index (χ0n) is 20.3. The van der Waals surface area contributed by atoms with E-state index in [1.54, 1.807) is 29.2 Å². The molecule has 1 fully saturated rings. The number of hydrogen-bond donors (Lipinski definition) is 1. The molecule has 0 spiro atoms. The highest BCUT2D eigenvalue weighted by molar-refractivity contribution is 6.46. The van der Waals surface area contributed by atoms with Gasteiger partial charge >= 0.3 is 0 Å². The quantitative estimate of drug-likeness (QED) is 0.291. The first-order valence-corrected chi connectivity index (χ1v) is 11.7. The molecule has 1 heterocycles. The number of aliphatic hydroxyl groups is 1. The monoisotopic (exact) mass is 470 g/mol. The molecule has 180 valence electrons. The summed E-state index contributed by atoms with van der Waals surface area (Å²) in [7, 11) is 3.90. The summed E-state index contributed by atoms with van der Waals surface area (Å²) in [5.41, 5.74) is 3.37. The maximum atomic E-state index is 13.3. The first-order chi connectivity index (χ1) is 16.9. The summed E-state index contributed by atoms with van der Waals surface area (Å²) in [6.07, 6.45) is 0.597. The molecule has 1 amide bonds. The number of ketones is 1. The summed E-state index contributed by atoms with van der Waals surface area (Å²) in [5.74, 6) is -0.903. The number of carbonyl (C=O) groups excluding carboxylic acids is 2. The van der Waals surface area contributed by atoms with Gasteiger partial charge in [-0.25, -0.2) is 0 Å². The molecule has 6 heteroatoms. The average molecular weight is 471 g/mol. The van der Waals surface area contributed by atoms with Gasteiger partial charge in [0.15, 0.2) is 0 Å². The number of carbonyl (C=O) groups is 2. The van der Waals surface area contributed by atoms with E-state index < -0.39 is 17.7 Å². The number of benzene rings is 3. The molecule has 0 aliphatic carbocycles. The van der Waals surface area contributed by atoms with E-state index in [1.165, 1.54) is 0 Å². The van der Waals surface area contributed by atoms with Crippen LogP contribution in [0.15, 0.2) is 84.4 Å². The van der Waals surface area contributed by atoms with Crippen molar-refractivity contribution >= 4 is 23.1 Å². The van der Waals surface area contributed by atoms with Gasteiger partial charge in [0.2, 0.25) is 0 Å². The summed E-state index contributed by atoms with van der Waals surface area (Å²) < 4.78 is 5.56. The number of aliphatic hydroxyl groups excluding tert-OH is 1. The van der Waals surface area contributed by atoms with Crippen LogP contribution < -0.4 is 9.64 Å². The zero-order valence-corrected chi connectivity index (χ0v) is 20.3. The number of hydrogen-bond acceptors (Lipinski definition) is 5. The lowest BCUT2D eigenvalue weighted by molar-refractivity contribution is -0.139. The predicted octanol–water partition coefficient (Wildman–Crippen LogP) is 4.82. The fraction of sp³-hybridized carbons (Fsp3) is 0.241. The Kier molecular flexibility index (Phi) is 7.20. The number of ether oxygens (including phenoxy) is 1. The highest BCUT2D eigenvalue weighted by atomic mass is 16.5. The van der Waals surface area contributed by atoms with Gasteiger partial charge in [0, 0.05) is 31.9 Å². The second-order valence-corrected chi connectivity index (χ2v) is 8.67. The molecule has 0 aromatic heterocycles. The molecule has 35 heavy (non-hydrogen) atoms. The molecule has 0 saturated carbocycles. The van der Waals surface area contributed by atoms with E-state index in [0.29, 0.717) is 30.9 Å². The number of nitrogens with zero attached hydrogens (tertiary/aromatic N) is 2. The Bertz CT molecular complexity index is 1230. The first kappa shape index (κ1) is 24.1. The third-order valence-electron chi connectivity index (χ3n) is 6.17. The van der Waals surface area contributed by atoms with Crippen LogP contribution in [0.2, 0.25) is 0 Å². The molecule has 1 unspecified atom stereocenters. The topological polar surface area (TPSA) is 70.1 Å². The number of likely N-dealkylation sites (tertiary alicyclic amines) is 1. The van der Waals surface area contributed by atoms with Crippen molar-refractivity contribution < 1.29 is 19.4 Å². The van der Waals surface area contributed by atoms with E-state index in [0.717, 1.165) is 16.8 Å². The van der Waals surface area contributed by atoms with Crippen LogP contribution in [0.3, 0.4) is 0 Å². The van der Waals surface area contributed by atoms with Gasteiger partial charge in [-0.3, -0.25) is 9.59 Å². The molecule has 0 bridgehead atoms. The van der Waals surface area contributed by atoms with Crippen molar-refractivity contribution in [1.82, 2.24) is 4.90 Å². The molecule has 6 nitrogen and oxygen atoms in total. The van der Waals surface area contributed by atoms with E-state index in [9.17, 15) is 14.7 Å². The lowest BCUT2D eigenvalue weighted by Gasteiger charge is -2.26. The molecular formula is C29H30N2O4. The lowest BCUT2D eigenvalue weighted by atomic mass is 9.95. The summed E-state index contributed by atoms with van der Waals surface area (Å²) in [6.45, 7) is 2.71. The van der Waals surface area contributed by atoms with E-state index >= 15 is 0 Å². The van der Waals surface area contributed by atoms with Gasteiger partial charge in [-0.2, -0.15) is 0 Å². The van der Waals surface area contributed by atoms with E-state index in [2.05, 4.69) is 0 Å². The predicted molar refractivity (Wildman–Crippen MR) is 138 cm³/mol. The van der Waals surface area contributed by atoms with Crippen LogP contribution in [-0.4, -0.2) is 48.9 Å². The molecule has 1 N–H and O–H groups in total. The van der Waals surface area contributed by atoms with Crippen LogP contribution in [-0.2, 0) is 16.0 Å². The van der Waals surface area contributed by atoms with E-state index in [-0.39, 0.29) is 11.3 Å². The van der Waals surface area contributed by atoms with Crippen LogP contribution in [0.25, 0.3) is 5.76 Å². The average Bonchev–Trinajstić information content (AvgIpc) is 3.13. The largest absolute Gasteiger partial charge is 0.507 e. The fourth-order valence-corrected chi connectivity index (χ4v) is 4.36. The third-order valence-corrected chi connectivity index (χ3v) is 6.17. The summed E-state index contributed by atoms with van der Waals surface area (Å²) in [5, 5.41) is 11.3. The molecule has 1 saturated heterocycles. The molecule has 1 aliphatic heterocycles. The van der Waals surface area contributed by atoms with E-state index in [1.807, 2.05) is 80.5 Å². The molecule has 3 aromatic rings. The Morgan fingerprint density at radius 3 is 2.34 bits per heavy atom. The standard InChI is InChI=1S/C29H30N2O4/c1-4-35-24-12-8-11-22(19-24)27(32)25-26(21-13-15-23(16-14-21)30(2)3)31(29(34)28(25)33)18-17-20-9-6-5-7-10-20/h5-16,19,26,32H,4,17-18H2,1-3H3/b27-25+. The third kappa shape index (κ3) is 5.06. The maximum absolute atomic E-state index is 13.3. The molecule has 3 aromatic carbocycles.